The molecule has 1 aliphatic rings. The summed E-state index contributed by atoms with van der Waals surface area (Å²) in [7, 11) is 0. The molecule has 2 heteroatoms. The fourth-order valence-electron chi connectivity index (χ4n) is 2.66. The lowest BCUT2D eigenvalue weighted by Crippen LogP contribution is -1.98. The van der Waals surface area contributed by atoms with Crippen LogP contribution in [-0.2, 0) is 12.8 Å². The Morgan fingerprint density at radius 3 is 2.60 bits per heavy atom. The average Bonchev–Trinajstić information content (AvgIpc) is 2.96. The van der Waals surface area contributed by atoms with E-state index in [9.17, 15) is 5.21 Å². The zero-order valence-electron chi connectivity index (χ0n) is 11.3. The lowest BCUT2D eigenvalue weighted by atomic mass is 10.0. The highest BCUT2D eigenvalue weighted by molar-refractivity contribution is 6.10. The van der Waals surface area contributed by atoms with E-state index in [1.165, 1.54) is 24.0 Å². The molecule has 100 valence electrons. The molecule has 0 atom stereocenters. The third-order valence-corrected chi connectivity index (χ3v) is 3.74. The van der Waals surface area contributed by atoms with Gasteiger partial charge in [0.05, 0.1) is 0 Å². The van der Waals surface area contributed by atoms with E-state index in [2.05, 4.69) is 17.3 Å². The van der Waals surface area contributed by atoms with Crippen molar-refractivity contribution in [2.24, 2.45) is 5.16 Å². The first-order valence-electron chi connectivity index (χ1n) is 6.94. The third-order valence-electron chi connectivity index (χ3n) is 3.74. The number of nitrogens with zero attached hydrogens (tertiary/aromatic N) is 1. The summed E-state index contributed by atoms with van der Waals surface area (Å²) in [4.78, 5) is 0. The van der Waals surface area contributed by atoms with Gasteiger partial charge in [0.25, 0.3) is 0 Å². The van der Waals surface area contributed by atoms with Gasteiger partial charge in [-0.15, -0.1) is 0 Å². The van der Waals surface area contributed by atoms with Crippen molar-refractivity contribution >= 4 is 11.8 Å². The smallest absolute Gasteiger partial charge is 0.109 e. The monoisotopic (exact) mass is 263 g/mol. The van der Waals surface area contributed by atoms with Gasteiger partial charge in [0, 0.05) is 5.56 Å². The molecule has 0 aliphatic heterocycles. The van der Waals surface area contributed by atoms with Crippen LogP contribution >= 0.6 is 0 Å². The largest absolute Gasteiger partial charge is 0.410 e. The van der Waals surface area contributed by atoms with Crippen LogP contribution < -0.4 is 0 Å². The second-order valence-corrected chi connectivity index (χ2v) is 5.07. The molecule has 0 amide bonds. The minimum atomic E-state index is 0.601. The summed E-state index contributed by atoms with van der Waals surface area (Å²) in [5.74, 6) is 0. The van der Waals surface area contributed by atoms with E-state index < -0.39 is 0 Å². The number of hydrogen-bond donors (Lipinski definition) is 1. The highest BCUT2D eigenvalue weighted by Gasteiger charge is 2.12. The summed E-state index contributed by atoms with van der Waals surface area (Å²) in [6, 6.07) is 16.3. The quantitative estimate of drug-likeness (QED) is 0.505. The number of oxime groups is 1. The van der Waals surface area contributed by atoms with Gasteiger partial charge in [-0.3, -0.25) is 0 Å². The SMILES string of the molecule is O/N=C(/C=C/c1ccccc1)c1ccc2c(c1)CCC2. The number of aryl methyl sites for hydroxylation is 2. The van der Waals surface area contributed by atoms with E-state index in [-0.39, 0.29) is 0 Å². The summed E-state index contributed by atoms with van der Waals surface area (Å²) in [6.07, 6.45) is 7.34. The van der Waals surface area contributed by atoms with Gasteiger partial charge in [-0.1, -0.05) is 53.7 Å². The molecular weight excluding hydrogens is 246 g/mol. The highest BCUT2D eigenvalue weighted by Crippen LogP contribution is 2.23. The topological polar surface area (TPSA) is 32.6 Å². The van der Waals surface area contributed by atoms with Crippen molar-refractivity contribution in [3.63, 3.8) is 0 Å². The molecule has 2 nitrogen and oxygen atoms in total. The van der Waals surface area contributed by atoms with Gasteiger partial charge in [-0.2, -0.15) is 0 Å². The second-order valence-electron chi connectivity index (χ2n) is 5.07. The summed E-state index contributed by atoms with van der Waals surface area (Å²) in [6.45, 7) is 0. The molecule has 0 spiro atoms. The first-order valence-corrected chi connectivity index (χ1v) is 6.94. The maximum absolute atomic E-state index is 9.24. The Morgan fingerprint density at radius 2 is 1.80 bits per heavy atom. The van der Waals surface area contributed by atoms with Crippen LogP contribution in [0.4, 0.5) is 0 Å². The molecular formula is C18H17NO. The first kappa shape index (κ1) is 12.7. The summed E-state index contributed by atoms with van der Waals surface area (Å²) in [5, 5.41) is 12.7. The van der Waals surface area contributed by atoms with Crippen molar-refractivity contribution < 1.29 is 5.21 Å². The zero-order valence-corrected chi connectivity index (χ0v) is 11.3. The molecule has 2 aromatic rings. The summed E-state index contributed by atoms with van der Waals surface area (Å²) >= 11 is 0. The van der Waals surface area contributed by atoms with Crippen LogP contribution in [0.25, 0.3) is 6.08 Å². The third kappa shape index (κ3) is 2.64. The van der Waals surface area contributed by atoms with Gasteiger partial charge >= 0.3 is 0 Å². The Hall–Kier alpha value is -2.35. The number of allylic oxidation sites excluding steroid dienone is 1. The highest BCUT2D eigenvalue weighted by atomic mass is 16.4. The van der Waals surface area contributed by atoms with E-state index in [1.807, 2.05) is 48.6 Å². The molecule has 0 unspecified atom stereocenters. The molecule has 0 bridgehead atoms. The maximum atomic E-state index is 9.24. The van der Waals surface area contributed by atoms with Crippen LogP contribution in [0.1, 0.15) is 28.7 Å². The Kier molecular flexibility index (Phi) is 3.64. The molecule has 0 saturated carbocycles. The molecule has 1 aliphatic carbocycles. The van der Waals surface area contributed by atoms with Crippen LogP contribution in [0.2, 0.25) is 0 Å². The molecule has 2 aromatic carbocycles. The number of fused-ring (bicyclic) bond motifs is 1. The zero-order chi connectivity index (χ0) is 13.8. The fourth-order valence-corrected chi connectivity index (χ4v) is 2.66. The van der Waals surface area contributed by atoms with Gasteiger partial charge < -0.3 is 5.21 Å². The van der Waals surface area contributed by atoms with Gasteiger partial charge in [-0.05, 0) is 48.1 Å². The van der Waals surface area contributed by atoms with Gasteiger partial charge in [0.1, 0.15) is 5.71 Å². The molecule has 0 aromatic heterocycles. The Labute approximate surface area is 119 Å². The summed E-state index contributed by atoms with van der Waals surface area (Å²) in [5.41, 5.74) is 5.48. The van der Waals surface area contributed by atoms with Crippen molar-refractivity contribution in [3.05, 3.63) is 76.9 Å². The van der Waals surface area contributed by atoms with Crippen molar-refractivity contribution in [2.75, 3.05) is 0 Å². The van der Waals surface area contributed by atoms with E-state index >= 15 is 0 Å². The number of hydrogen-bond acceptors (Lipinski definition) is 2. The van der Waals surface area contributed by atoms with E-state index in [0.29, 0.717) is 5.71 Å². The molecule has 0 fully saturated rings. The lowest BCUT2D eigenvalue weighted by molar-refractivity contribution is 0.320. The fraction of sp³-hybridized carbons (Fsp3) is 0.167. The lowest BCUT2D eigenvalue weighted by Gasteiger charge is -2.04. The molecule has 20 heavy (non-hydrogen) atoms. The van der Waals surface area contributed by atoms with Gasteiger partial charge in [0.15, 0.2) is 0 Å². The van der Waals surface area contributed by atoms with E-state index in [1.54, 1.807) is 0 Å². The Bertz CT molecular complexity index is 656. The predicted molar refractivity (Wildman–Crippen MR) is 82.3 cm³/mol. The Morgan fingerprint density at radius 1 is 1.00 bits per heavy atom. The summed E-state index contributed by atoms with van der Waals surface area (Å²) < 4.78 is 0. The normalized spacial score (nSPS) is 14.7. The van der Waals surface area contributed by atoms with E-state index in [4.69, 9.17) is 0 Å². The van der Waals surface area contributed by atoms with Gasteiger partial charge in [0.2, 0.25) is 0 Å². The average molecular weight is 263 g/mol. The molecule has 0 heterocycles. The molecule has 0 saturated heterocycles. The van der Waals surface area contributed by atoms with Crippen LogP contribution in [0.5, 0.6) is 0 Å². The maximum Gasteiger partial charge on any atom is 0.109 e. The van der Waals surface area contributed by atoms with Crippen LogP contribution in [0.3, 0.4) is 0 Å². The number of rotatable bonds is 3. The predicted octanol–water partition coefficient (Wildman–Crippen LogP) is 4.07. The first-order chi connectivity index (χ1) is 9.86. The standard InChI is InChI=1S/C18H17NO/c20-19-18(12-9-14-5-2-1-3-6-14)17-11-10-15-7-4-8-16(15)13-17/h1-3,5-6,9-13,20H,4,7-8H2/b12-9+,19-18-. The minimum Gasteiger partial charge on any atom is -0.410 e. The van der Waals surface area contributed by atoms with Gasteiger partial charge in [-0.25, -0.2) is 0 Å². The van der Waals surface area contributed by atoms with E-state index in [0.717, 1.165) is 17.5 Å². The second kappa shape index (κ2) is 5.74. The van der Waals surface area contributed by atoms with Crippen LogP contribution in [0, 0.1) is 0 Å². The molecule has 0 radical (unpaired) electrons. The van der Waals surface area contributed by atoms with Crippen molar-refractivity contribution in [3.8, 4) is 0 Å². The van der Waals surface area contributed by atoms with Crippen LogP contribution in [-0.4, -0.2) is 10.9 Å². The van der Waals surface area contributed by atoms with Crippen molar-refractivity contribution in [1.82, 2.24) is 0 Å². The molecule has 1 N–H and O–H groups in total. The van der Waals surface area contributed by atoms with Crippen molar-refractivity contribution in [2.45, 2.75) is 19.3 Å². The van der Waals surface area contributed by atoms with Crippen molar-refractivity contribution in [1.29, 1.82) is 0 Å². The minimum absolute atomic E-state index is 0.601. The van der Waals surface area contributed by atoms with Crippen LogP contribution in [0.15, 0.2) is 59.8 Å². The Balaban J connectivity index is 1.86. The molecule has 3 rings (SSSR count). The number of benzene rings is 2.